The highest BCUT2D eigenvalue weighted by atomic mass is 32.1. The van der Waals surface area contributed by atoms with E-state index in [0.29, 0.717) is 24.2 Å². The van der Waals surface area contributed by atoms with Crippen molar-refractivity contribution in [3.63, 3.8) is 0 Å². The number of carbonyl (C=O) groups excluding carboxylic acids is 1. The summed E-state index contributed by atoms with van der Waals surface area (Å²) in [5.41, 5.74) is -0.898. The molecule has 1 fully saturated rings. The number of carbonyl (C=O) groups is 1. The molecule has 0 saturated carbocycles. The summed E-state index contributed by atoms with van der Waals surface area (Å²) < 4.78 is 57.2. The second-order valence-electron chi connectivity index (χ2n) is 9.49. The summed E-state index contributed by atoms with van der Waals surface area (Å²) in [7, 11) is 0. The molecule has 1 N–H and O–H groups in total. The van der Waals surface area contributed by atoms with Crippen molar-refractivity contribution in [1.82, 2.24) is 24.4 Å². The number of thiazole rings is 1. The van der Waals surface area contributed by atoms with Gasteiger partial charge in [0.05, 0.1) is 17.9 Å². The predicted molar refractivity (Wildman–Crippen MR) is 138 cm³/mol. The molecular formula is C27H23F4N5O3S. The average Bonchev–Trinajstić information content (AvgIpc) is 3.54. The lowest BCUT2D eigenvalue weighted by Gasteiger charge is -2.25. The van der Waals surface area contributed by atoms with E-state index in [1.54, 1.807) is 19.2 Å². The Morgan fingerprint density at radius 2 is 1.85 bits per heavy atom. The van der Waals surface area contributed by atoms with Gasteiger partial charge < -0.3 is 10.0 Å². The van der Waals surface area contributed by atoms with Crippen LogP contribution in [0.4, 0.5) is 17.6 Å². The van der Waals surface area contributed by atoms with Crippen LogP contribution in [0.5, 0.6) is 5.88 Å². The molecule has 2 atom stereocenters. The molecule has 0 aliphatic carbocycles. The van der Waals surface area contributed by atoms with E-state index in [9.17, 15) is 32.3 Å². The topological polar surface area (TPSA) is 101 Å². The smallest absolute Gasteiger partial charge is 0.290 e. The number of aromatic hydroxyl groups is 1. The van der Waals surface area contributed by atoms with Gasteiger partial charge in [0.25, 0.3) is 11.5 Å². The highest BCUT2D eigenvalue weighted by Crippen LogP contribution is 2.36. The molecule has 3 aromatic heterocycles. The Morgan fingerprint density at radius 3 is 2.48 bits per heavy atom. The predicted octanol–water partition coefficient (Wildman–Crippen LogP) is 4.96. The molecule has 2 unspecified atom stereocenters. The van der Waals surface area contributed by atoms with Crippen LogP contribution in [-0.4, -0.2) is 48.5 Å². The summed E-state index contributed by atoms with van der Waals surface area (Å²) in [6.07, 6.45) is 1.38. The lowest BCUT2D eigenvalue weighted by atomic mass is 10.0. The molecule has 0 bridgehead atoms. The molecule has 1 saturated heterocycles. The minimum absolute atomic E-state index is 0.00915. The second-order valence-corrected chi connectivity index (χ2v) is 10.3. The number of hydrogen-bond acceptors (Lipinski definition) is 7. The van der Waals surface area contributed by atoms with Gasteiger partial charge in [-0.25, -0.2) is 22.5 Å². The van der Waals surface area contributed by atoms with Crippen molar-refractivity contribution in [1.29, 1.82) is 0 Å². The summed E-state index contributed by atoms with van der Waals surface area (Å²) >= 11 is 1.15. The number of benzene rings is 1. The highest BCUT2D eigenvalue weighted by Gasteiger charge is 2.35. The molecule has 0 spiro atoms. The number of likely N-dealkylation sites (tertiary alicyclic amines) is 1. The normalized spacial score (nSPS) is 15.9. The van der Waals surface area contributed by atoms with Crippen LogP contribution in [-0.2, 0) is 0 Å². The first-order chi connectivity index (χ1) is 19.1. The van der Waals surface area contributed by atoms with Crippen LogP contribution in [0, 0.1) is 30.2 Å². The summed E-state index contributed by atoms with van der Waals surface area (Å²) in [4.78, 5) is 40.3. The van der Waals surface area contributed by atoms with Crippen LogP contribution >= 0.6 is 11.3 Å². The van der Waals surface area contributed by atoms with Crippen LogP contribution in [0.15, 0.2) is 40.6 Å². The summed E-state index contributed by atoms with van der Waals surface area (Å²) in [6.45, 7) is 3.51. The molecule has 40 heavy (non-hydrogen) atoms. The third kappa shape index (κ3) is 5.08. The maximum Gasteiger partial charge on any atom is 0.290 e. The van der Waals surface area contributed by atoms with Crippen LogP contribution in [0.1, 0.15) is 59.0 Å². The Morgan fingerprint density at radius 1 is 1.12 bits per heavy atom. The van der Waals surface area contributed by atoms with E-state index in [1.807, 2.05) is 0 Å². The Kier molecular flexibility index (Phi) is 7.41. The van der Waals surface area contributed by atoms with E-state index in [2.05, 4.69) is 15.0 Å². The highest BCUT2D eigenvalue weighted by molar-refractivity contribution is 7.13. The van der Waals surface area contributed by atoms with Crippen LogP contribution in [0.25, 0.3) is 10.8 Å². The molecule has 1 amide bonds. The van der Waals surface area contributed by atoms with Gasteiger partial charge in [0, 0.05) is 42.2 Å². The fourth-order valence-electron chi connectivity index (χ4n) is 5.00. The third-order valence-corrected chi connectivity index (χ3v) is 7.75. The fourth-order valence-corrected chi connectivity index (χ4v) is 5.78. The first kappa shape index (κ1) is 27.4. The zero-order valence-electron chi connectivity index (χ0n) is 21.4. The van der Waals surface area contributed by atoms with Gasteiger partial charge in [-0.2, -0.15) is 4.98 Å². The van der Waals surface area contributed by atoms with E-state index < -0.39 is 58.1 Å². The maximum atomic E-state index is 14.3. The summed E-state index contributed by atoms with van der Waals surface area (Å²) in [6, 6.07) is 2.70. The molecule has 5 rings (SSSR count). The number of aryl methyl sites for hydroxylation is 1. The van der Waals surface area contributed by atoms with Gasteiger partial charge in [0.2, 0.25) is 5.88 Å². The Balaban J connectivity index is 1.60. The first-order valence-electron chi connectivity index (χ1n) is 12.4. The lowest BCUT2D eigenvalue weighted by Crippen LogP contribution is -2.35. The van der Waals surface area contributed by atoms with Crippen molar-refractivity contribution in [2.24, 2.45) is 0 Å². The standard InChI is InChI=1S/C27H23F4N5O3S/c1-3-20(15-6-16(28)8-17(29)7-15)36-23(25-33-13(2)12-40-25)34-24(37)21(27(36)39)26(38)35-5-4-14(11-35)22-19(31)9-18(30)10-32-22/h6-10,12,14,20,39H,3-5,11H2,1-2H3. The number of halogens is 4. The molecular weight excluding hydrogens is 550 g/mol. The maximum absolute atomic E-state index is 14.3. The fraction of sp³-hybridized carbons (Fsp3) is 0.296. The molecule has 8 nitrogen and oxygen atoms in total. The van der Waals surface area contributed by atoms with Crippen LogP contribution < -0.4 is 5.56 Å². The average molecular weight is 574 g/mol. The van der Waals surface area contributed by atoms with Gasteiger partial charge in [-0.15, -0.1) is 11.3 Å². The van der Waals surface area contributed by atoms with Crippen molar-refractivity contribution in [2.45, 2.75) is 38.6 Å². The van der Waals surface area contributed by atoms with Crippen molar-refractivity contribution >= 4 is 17.2 Å². The minimum atomic E-state index is -1.02. The number of pyridine rings is 1. The van der Waals surface area contributed by atoms with E-state index in [-0.39, 0.29) is 41.6 Å². The molecule has 0 radical (unpaired) electrons. The van der Waals surface area contributed by atoms with E-state index in [4.69, 9.17) is 0 Å². The second kappa shape index (κ2) is 10.8. The van der Waals surface area contributed by atoms with Crippen molar-refractivity contribution in [3.8, 4) is 16.7 Å². The quantitative estimate of drug-likeness (QED) is 0.327. The SMILES string of the molecule is CCC(c1cc(F)cc(F)c1)n1c(-c2nc(C)cs2)nc(=O)c(C(=O)N2CCC(c3ncc(F)cc3F)C2)c1O. The van der Waals surface area contributed by atoms with Crippen LogP contribution in [0.2, 0.25) is 0 Å². The molecule has 1 aliphatic rings. The molecule has 208 valence electrons. The lowest BCUT2D eigenvalue weighted by molar-refractivity contribution is 0.0783. The zero-order valence-corrected chi connectivity index (χ0v) is 22.2. The summed E-state index contributed by atoms with van der Waals surface area (Å²) in [5.74, 6) is -5.56. The van der Waals surface area contributed by atoms with Gasteiger partial charge >= 0.3 is 0 Å². The van der Waals surface area contributed by atoms with Crippen molar-refractivity contribution in [2.75, 3.05) is 13.1 Å². The molecule has 4 heterocycles. The van der Waals surface area contributed by atoms with Crippen molar-refractivity contribution in [3.05, 3.63) is 92.0 Å². The molecule has 13 heteroatoms. The minimum Gasteiger partial charge on any atom is -0.494 e. The third-order valence-electron chi connectivity index (χ3n) is 6.79. The number of nitrogens with zero attached hydrogens (tertiary/aromatic N) is 5. The van der Waals surface area contributed by atoms with Gasteiger partial charge in [0.15, 0.2) is 16.4 Å². The largest absolute Gasteiger partial charge is 0.494 e. The monoisotopic (exact) mass is 573 g/mol. The molecule has 1 aliphatic heterocycles. The number of rotatable bonds is 6. The zero-order chi connectivity index (χ0) is 28.7. The Hall–Kier alpha value is -4.13. The first-order valence-corrected chi connectivity index (χ1v) is 13.3. The Labute approximate surface area is 229 Å². The van der Waals surface area contributed by atoms with Gasteiger partial charge in [-0.05, 0) is 37.5 Å². The number of hydrogen-bond donors (Lipinski definition) is 1. The van der Waals surface area contributed by atoms with E-state index >= 15 is 0 Å². The van der Waals surface area contributed by atoms with Gasteiger partial charge in [-0.1, -0.05) is 6.92 Å². The molecule has 1 aromatic carbocycles. The van der Waals surface area contributed by atoms with Crippen molar-refractivity contribution < 1.29 is 27.5 Å². The summed E-state index contributed by atoms with van der Waals surface area (Å²) in [5, 5.41) is 13.4. The Bertz CT molecular complexity index is 1650. The van der Waals surface area contributed by atoms with Gasteiger partial charge in [0.1, 0.15) is 23.3 Å². The van der Waals surface area contributed by atoms with Gasteiger partial charge in [-0.3, -0.25) is 19.1 Å². The van der Waals surface area contributed by atoms with E-state index in [0.717, 1.165) is 29.7 Å². The molecule has 4 aromatic rings. The number of aromatic nitrogens is 4. The van der Waals surface area contributed by atoms with E-state index in [1.165, 1.54) is 9.47 Å². The van der Waals surface area contributed by atoms with Crippen LogP contribution in [0.3, 0.4) is 0 Å². The number of amides is 1.